The Morgan fingerprint density at radius 3 is 2.53 bits per heavy atom. The second-order valence-electron chi connectivity index (χ2n) is 4.73. The van der Waals surface area contributed by atoms with Crippen LogP contribution in [0.3, 0.4) is 0 Å². The Balaban J connectivity index is 1.68. The van der Waals surface area contributed by atoms with Crippen molar-refractivity contribution in [3.05, 3.63) is 48.0 Å². The van der Waals surface area contributed by atoms with E-state index in [0.717, 1.165) is 18.4 Å². The number of hydrogen-bond donors (Lipinski definition) is 2. The fourth-order valence-electron chi connectivity index (χ4n) is 2.12. The van der Waals surface area contributed by atoms with Crippen molar-refractivity contribution >= 4 is 11.8 Å². The van der Waals surface area contributed by atoms with Crippen molar-refractivity contribution in [2.45, 2.75) is 25.7 Å². The minimum atomic E-state index is -0.207. The van der Waals surface area contributed by atoms with E-state index in [1.165, 1.54) is 0 Å². The van der Waals surface area contributed by atoms with Gasteiger partial charge < -0.3 is 0 Å². The molecule has 4 nitrogen and oxygen atoms in total. The highest BCUT2D eigenvalue weighted by atomic mass is 16.2. The molecule has 2 N–H and O–H groups in total. The van der Waals surface area contributed by atoms with E-state index in [1.807, 2.05) is 30.3 Å². The average molecular weight is 258 g/mol. The minimum Gasteiger partial charge on any atom is -0.273 e. The molecule has 2 amide bonds. The lowest BCUT2D eigenvalue weighted by Crippen LogP contribution is -2.42. The van der Waals surface area contributed by atoms with Gasteiger partial charge in [0.15, 0.2) is 0 Å². The molecule has 0 fully saturated rings. The van der Waals surface area contributed by atoms with Gasteiger partial charge in [-0.05, 0) is 24.3 Å². The summed E-state index contributed by atoms with van der Waals surface area (Å²) in [6, 6.07) is 9.43. The molecule has 1 aliphatic rings. The third kappa shape index (κ3) is 4.58. The number of rotatable bonds is 4. The van der Waals surface area contributed by atoms with Crippen molar-refractivity contribution in [1.82, 2.24) is 10.9 Å². The first-order valence-electron chi connectivity index (χ1n) is 6.52. The molecule has 0 spiro atoms. The zero-order chi connectivity index (χ0) is 13.5. The molecule has 0 saturated heterocycles. The molecule has 1 aliphatic carbocycles. The van der Waals surface area contributed by atoms with Gasteiger partial charge in [0, 0.05) is 6.42 Å². The fourth-order valence-corrected chi connectivity index (χ4v) is 2.12. The van der Waals surface area contributed by atoms with Gasteiger partial charge in [-0.3, -0.25) is 20.4 Å². The van der Waals surface area contributed by atoms with Crippen LogP contribution in [0, 0.1) is 5.92 Å². The Morgan fingerprint density at radius 1 is 1.11 bits per heavy atom. The number of hydrazine groups is 1. The van der Waals surface area contributed by atoms with Crippen molar-refractivity contribution in [2.75, 3.05) is 0 Å². The van der Waals surface area contributed by atoms with Gasteiger partial charge in [-0.15, -0.1) is 0 Å². The number of hydrogen-bond acceptors (Lipinski definition) is 2. The molecule has 4 heteroatoms. The third-order valence-electron chi connectivity index (χ3n) is 3.11. The Kier molecular flexibility index (Phi) is 4.72. The number of allylic oxidation sites excluding steroid dienone is 2. The molecule has 0 saturated carbocycles. The first kappa shape index (κ1) is 13.3. The van der Waals surface area contributed by atoms with Gasteiger partial charge in [-0.2, -0.15) is 0 Å². The summed E-state index contributed by atoms with van der Waals surface area (Å²) < 4.78 is 0. The molecule has 1 aromatic carbocycles. The lowest BCUT2D eigenvalue weighted by molar-refractivity contribution is -0.128. The zero-order valence-electron chi connectivity index (χ0n) is 10.8. The van der Waals surface area contributed by atoms with Crippen LogP contribution in [-0.2, 0) is 16.0 Å². The van der Waals surface area contributed by atoms with E-state index in [-0.39, 0.29) is 18.2 Å². The molecule has 0 aromatic heterocycles. The van der Waals surface area contributed by atoms with Crippen LogP contribution in [0.15, 0.2) is 42.5 Å². The van der Waals surface area contributed by atoms with Crippen molar-refractivity contribution in [3.8, 4) is 0 Å². The Labute approximate surface area is 112 Å². The maximum Gasteiger partial charge on any atom is 0.242 e. The van der Waals surface area contributed by atoms with Gasteiger partial charge in [0.2, 0.25) is 11.8 Å². The SMILES string of the molecule is O=C(Cc1ccccc1)NNC(=O)CC1C=CCC1. The van der Waals surface area contributed by atoms with Crippen LogP contribution in [0.1, 0.15) is 24.8 Å². The smallest absolute Gasteiger partial charge is 0.242 e. The summed E-state index contributed by atoms with van der Waals surface area (Å²) >= 11 is 0. The average Bonchev–Trinajstić information content (AvgIpc) is 2.90. The summed E-state index contributed by atoms with van der Waals surface area (Å²) in [7, 11) is 0. The van der Waals surface area contributed by atoms with E-state index in [9.17, 15) is 9.59 Å². The van der Waals surface area contributed by atoms with Crippen molar-refractivity contribution in [1.29, 1.82) is 0 Å². The monoisotopic (exact) mass is 258 g/mol. The van der Waals surface area contributed by atoms with Crippen molar-refractivity contribution in [3.63, 3.8) is 0 Å². The van der Waals surface area contributed by atoms with Crippen LogP contribution >= 0.6 is 0 Å². The topological polar surface area (TPSA) is 58.2 Å². The molecule has 1 atom stereocenters. The second kappa shape index (κ2) is 6.73. The van der Waals surface area contributed by atoms with Gasteiger partial charge in [0.1, 0.15) is 0 Å². The highest BCUT2D eigenvalue weighted by Crippen LogP contribution is 2.19. The molecule has 1 unspecified atom stereocenters. The van der Waals surface area contributed by atoms with Gasteiger partial charge >= 0.3 is 0 Å². The molecule has 0 radical (unpaired) electrons. The van der Waals surface area contributed by atoms with Crippen LogP contribution < -0.4 is 10.9 Å². The Bertz CT molecular complexity index is 468. The summed E-state index contributed by atoms with van der Waals surface area (Å²) in [6.45, 7) is 0. The Hall–Kier alpha value is -2.10. The Morgan fingerprint density at radius 2 is 1.84 bits per heavy atom. The van der Waals surface area contributed by atoms with Gasteiger partial charge in [-0.1, -0.05) is 42.5 Å². The lowest BCUT2D eigenvalue weighted by Gasteiger charge is -2.09. The maximum absolute atomic E-state index is 11.6. The summed E-state index contributed by atoms with van der Waals surface area (Å²) in [5.41, 5.74) is 5.82. The van der Waals surface area contributed by atoms with E-state index in [0.29, 0.717) is 12.3 Å². The minimum absolute atomic E-state index is 0.141. The molecule has 19 heavy (non-hydrogen) atoms. The normalized spacial score (nSPS) is 17.2. The predicted molar refractivity (Wildman–Crippen MR) is 72.9 cm³/mol. The van der Waals surface area contributed by atoms with Crippen LogP contribution in [0.2, 0.25) is 0 Å². The molecular weight excluding hydrogens is 240 g/mol. The van der Waals surface area contributed by atoms with Crippen LogP contribution in [0.25, 0.3) is 0 Å². The largest absolute Gasteiger partial charge is 0.273 e. The maximum atomic E-state index is 11.6. The van der Waals surface area contributed by atoms with E-state index in [4.69, 9.17) is 0 Å². The zero-order valence-corrected chi connectivity index (χ0v) is 10.8. The lowest BCUT2D eigenvalue weighted by atomic mass is 10.1. The van der Waals surface area contributed by atoms with Crippen LogP contribution in [0.5, 0.6) is 0 Å². The summed E-state index contributed by atoms with van der Waals surface area (Å²) in [4.78, 5) is 23.2. The number of carbonyl (C=O) groups is 2. The van der Waals surface area contributed by atoms with Gasteiger partial charge in [-0.25, -0.2) is 0 Å². The van der Waals surface area contributed by atoms with E-state index in [2.05, 4.69) is 23.0 Å². The third-order valence-corrected chi connectivity index (χ3v) is 3.11. The molecule has 2 rings (SSSR count). The predicted octanol–water partition coefficient (Wildman–Crippen LogP) is 1.73. The van der Waals surface area contributed by atoms with Crippen LogP contribution in [0.4, 0.5) is 0 Å². The summed E-state index contributed by atoms with van der Waals surface area (Å²) in [5.74, 6) is -0.0366. The number of amides is 2. The highest BCUT2D eigenvalue weighted by molar-refractivity contribution is 5.83. The summed E-state index contributed by atoms with van der Waals surface area (Å²) in [5, 5.41) is 0. The van der Waals surface area contributed by atoms with Gasteiger partial charge in [0.25, 0.3) is 0 Å². The fraction of sp³-hybridized carbons (Fsp3) is 0.333. The number of nitrogens with one attached hydrogen (secondary N) is 2. The van der Waals surface area contributed by atoms with Crippen molar-refractivity contribution in [2.24, 2.45) is 5.92 Å². The van der Waals surface area contributed by atoms with Gasteiger partial charge in [0.05, 0.1) is 6.42 Å². The number of benzene rings is 1. The first-order chi connectivity index (χ1) is 9.24. The van der Waals surface area contributed by atoms with E-state index < -0.39 is 0 Å². The molecule has 100 valence electrons. The van der Waals surface area contributed by atoms with E-state index >= 15 is 0 Å². The molecular formula is C15H18N2O2. The molecule has 0 heterocycles. The second-order valence-corrected chi connectivity index (χ2v) is 4.73. The first-order valence-corrected chi connectivity index (χ1v) is 6.52. The highest BCUT2D eigenvalue weighted by Gasteiger charge is 2.14. The standard InChI is InChI=1S/C15H18N2O2/c18-14(10-12-6-2-1-3-7-12)16-17-15(19)11-13-8-4-5-9-13/h1-4,6-8,13H,5,9-11H2,(H,16,18)(H,17,19). The molecule has 0 aliphatic heterocycles. The quantitative estimate of drug-likeness (QED) is 0.638. The summed E-state index contributed by atoms with van der Waals surface area (Å²) in [6.07, 6.45) is 6.91. The van der Waals surface area contributed by atoms with Crippen LogP contribution in [-0.4, -0.2) is 11.8 Å². The molecule has 1 aromatic rings. The van der Waals surface area contributed by atoms with E-state index in [1.54, 1.807) is 0 Å². The molecule has 0 bridgehead atoms. The number of carbonyl (C=O) groups excluding carboxylic acids is 2. The van der Waals surface area contributed by atoms with Crippen molar-refractivity contribution < 1.29 is 9.59 Å².